The molecule has 0 fully saturated rings. The largest absolute Gasteiger partial charge is 0.452 e. The van der Waals surface area contributed by atoms with Crippen LogP contribution in [0.5, 0.6) is 0 Å². The van der Waals surface area contributed by atoms with E-state index in [9.17, 15) is 4.79 Å². The molecule has 0 saturated carbocycles. The van der Waals surface area contributed by atoms with Crippen molar-refractivity contribution in [2.75, 3.05) is 5.32 Å². The van der Waals surface area contributed by atoms with E-state index in [2.05, 4.69) is 29.4 Å². The first-order valence-electron chi connectivity index (χ1n) is 6.81. The maximum Gasteiger partial charge on any atom is 0.452 e. The van der Waals surface area contributed by atoms with E-state index in [1.807, 2.05) is 12.1 Å². The van der Waals surface area contributed by atoms with Gasteiger partial charge in [0.15, 0.2) is 0 Å². The molecular formula is C15H23N3O2. The number of anilines is 1. The van der Waals surface area contributed by atoms with E-state index >= 15 is 0 Å². The summed E-state index contributed by atoms with van der Waals surface area (Å²) < 4.78 is 5.04. The molecule has 110 valence electrons. The van der Waals surface area contributed by atoms with Gasteiger partial charge in [-0.2, -0.15) is 0 Å². The Morgan fingerprint density at radius 1 is 1.30 bits per heavy atom. The standard InChI is InChI=1S/C15H23N3O2/c1-6-11(2)16-12-7-9-13(10-8-12)17-18-14(19)20-15(3,4)5/h7-11,16H,6H2,1-5H3. The summed E-state index contributed by atoms with van der Waals surface area (Å²) in [6.45, 7) is 9.61. The van der Waals surface area contributed by atoms with E-state index in [1.54, 1.807) is 32.9 Å². The number of carbonyl (C=O) groups is 1. The number of ether oxygens (including phenoxy) is 1. The fourth-order valence-electron chi connectivity index (χ4n) is 1.39. The molecule has 1 aromatic carbocycles. The lowest BCUT2D eigenvalue weighted by Gasteiger charge is -2.16. The third-order valence-electron chi connectivity index (χ3n) is 2.53. The maximum atomic E-state index is 11.4. The highest BCUT2D eigenvalue weighted by molar-refractivity contribution is 5.68. The zero-order chi connectivity index (χ0) is 15.2. The Bertz CT molecular complexity index is 461. The van der Waals surface area contributed by atoms with Crippen molar-refractivity contribution in [3.63, 3.8) is 0 Å². The molecule has 0 aliphatic heterocycles. The van der Waals surface area contributed by atoms with Gasteiger partial charge in [0, 0.05) is 11.7 Å². The highest BCUT2D eigenvalue weighted by Crippen LogP contribution is 2.18. The van der Waals surface area contributed by atoms with Gasteiger partial charge < -0.3 is 10.1 Å². The summed E-state index contributed by atoms with van der Waals surface area (Å²) in [6.07, 6.45) is 0.374. The predicted octanol–water partition coefficient (Wildman–Crippen LogP) is 4.92. The van der Waals surface area contributed by atoms with Gasteiger partial charge >= 0.3 is 6.09 Å². The summed E-state index contributed by atoms with van der Waals surface area (Å²) in [5, 5.41) is 10.7. The SMILES string of the molecule is CCC(C)Nc1ccc(N=NC(=O)OC(C)(C)C)cc1. The second-order valence-corrected chi connectivity index (χ2v) is 5.68. The molecule has 1 N–H and O–H groups in total. The zero-order valence-electron chi connectivity index (χ0n) is 12.8. The van der Waals surface area contributed by atoms with Crippen LogP contribution in [0.2, 0.25) is 0 Å². The number of hydrogen-bond donors (Lipinski definition) is 1. The predicted molar refractivity (Wildman–Crippen MR) is 80.6 cm³/mol. The number of benzene rings is 1. The van der Waals surface area contributed by atoms with Gasteiger partial charge in [-0.1, -0.05) is 12.0 Å². The molecule has 1 rings (SSSR count). The van der Waals surface area contributed by atoms with Crippen molar-refractivity contribution in [3.8, 4) is 0 Å². The Morgan fingerprint density at radius 2 is 1.90 bits per heavy atom. The number of rotatable bonds is 4. The Kier molecular flexibility index (Phi) is 5.67. The summed E-state index contributed by atoms with van der Waals surface area (Å²) >= 11 is 0. The number of azo groups is 1. The van der Waals surface area contributed by atoms with Crippen LogP contribution in [0.3, 0.4) is 0 Å². The minimum Gasteiger partial charge on any atom is -0.441 e. The number of amides is 1. The molecule has 0 aromatic heterocycles. The summed E-state index contributed by atoms with van der Waals surface area (Å²) in [7, 11) is 0. The van der Waals surface area contributed by atoms with Crippen LogP contribution >= 0.6 is 0 Å². The highest BCUT2D eigenvalue weighted by Gasteiger charge is 2.15. The van der Waals surface area contributed by atoms with Gasteiger partial charge in [0.1, 0.15) is 5.60 Å². The second-order valence-electron chi connectivity index (χ2n) is 5.68. The van der Waals surface area contributed by atoms with Crippen molar-refractivity contribution >= 4 is 17.5 Å². The van der Waals surface area contributed by atoms with Gasteiger partial charge in [0.25, 0.3) is 0 Å². The normalized spacial score (nSPS) is 13.2. The van der Waals surface area contributed by atoms with Gasteiger partial charge in [-0.3, -0.25) is 0 Å². The smallest absolute Gasteiger partial charge is 0.441 e. The van der Waals surface area contributed by atoms with Crippen molar-refractivity contribution in [2.24, 2.45) is 10.2 Å². The molecule has 0 bridgehead atoms. The first-order chi connectivity index (χ1) is 9.30. The lowest BCUT2D eigenvalue weighted by molar-refractivity contribution is 0.0592. The van der Waals surface area contributed by atoms with Crippen molar-refractivity contribution in [3.05, 3.63) is 24.3 Å². The minimum atomic E-state index is -0.681. The Labute approximate surface area is 120 Å². The highest BCUT2D eigenvalue weighted by atomic mass is 16.6. The molecule has 20 heavy (non-hydrogen) atoms. The Balaban J connectivity index is 2.59. The van der Waals surface area contributed by atoms with Crippen LogP contribution in [0.15, 0.2) is 34.5 Å². The van der Waals surface area contributed by atoms with Crippen LogP contribution in [0.25, 0.3) is 0 Å². The molecule has 1 amide bonds. The summed E-state index contributed by atoms with van der Waals surface area (Å²) in [4.78, 5) is 11.4. The van der Waals surface area contributed by atoms with Crippen LogP contribution < -0.4 is 5.32 Å². The molecule has 1 aromatic rings. The van der Waals surface area contributed by atoms with Crippen LogP contribution in [-0.2, 0) is 4.74 Å². The first kappa shape index (κ1) is 16.1. The van der Waals surface area contributed by atoms with Gasteiger partial charge in [0.2, 0.25) is 0 Å². The molecular weight excluding hydrogens is 254 g/mol. The molecule has 5 nitrogen and oxygen atoms in total. The van der Waals surface area contributed by atoms with E-state index in [-0.39, 0.29) is 0 Å². The quantitative estimate of drug-likeness (QED) is 0.795. The van der Waals surface area contributed by atoms with Crippen molar-refractivity contribution in [2.45, 2.75) is 52.7 Å². The fraction of sp³-hybridized carbons (Fsp3) is 0.533. The van der Waals surface area contributed by atoms with Crippen LogP contribution in [0, 0.1) is 0 Å². The number of hydrogen-bond acceptors (Lipinski definition) is 4. The second kappa shape index (κ2) is 7.03. The molecule has 0 heterocycles. The van der Waals surface area contributed by atoms with E-state index in [1.165, 1.54) is 0 Å². The Hall–Kier alpha value is -1.91. The van der Waals surface area contributed by atoms with Crippen molar-refractivity contribution in [1.29, 1.82) is 0 Å². The third-order valence-corrected chi connectivity index (χ3v) is 2.53. The molecule has 0 saturated heterocycles. The van der Waals surface area contributed by atoms with Crippen LogP contribution in [-0.4, -0.2) is 17.7 Å². The zero-order valence-corrected chi connectivity index (χ0v) is 12.8. The van der Waals surface area contributed by atoms with Crippen molar-refractivity contribution in [1.82, 2.24) is 0 Å². The molecule has 1 atom stereocenters. The van der Waals surface area contributed by atoms with E-state index in [0.717, 1.165) is 12.1 Å². The fourth-order valence-corrected chi connectivity index (χ4v) is 1.39. The number of nitrogens with one attached hydrogen (secondary N) is 1. The number of carbonyl (C=O) groups excluding carboxylic acids is 1. The summed E-state index contributed by atoms with van der Waals surface area (Å²) in [6, 6.07) is 7.85. The van der Waals surface area contributed by atoms with E-state index in [4.69, 9.17) is 4.74 Å². The van der Waals surface area contributed by atoms with Crippen LogP contribution in [0.4, 0.5) is 16.2 Å². The molecule has 0 aliphatic carbocycles. The molecule has 1 unspecified atom stereocenters. The summed E-state index contributed by atoms with van der Waals surface area (Å²) in [5.74, 6) is 0. The first-order valence-corrected chi connectivity index (χ1v) is 6.81. The maximum absolute atomic E-state index is 11.4. The van der Waals surface area contributed by atoms with Crippen LogP contribution in [0.1, 0.15) is 41.0 Å². The van der Waals surface area contributed by atoms with Gasteiger partial charge in [-0.05, 0) is 58.4 Å². The van der Waals surface area contributed by atoms with Crippen molar-refractivity contribution < 1.29 is 9.53 Å². The lowest BCUT2D eigenvalue weighted by Crippen LogP contribution is -2.21. The van der Waals surface area contributed by atoms with Gasteiger partial charge in [-0.25, -0.2) is 4.79 Å². The molecule has 0 aliphatic rings. The van der Waals surface area contributed by atoms with E-state index in [0.29, 0.717) is 11.7 Å². The Morgan fingerprint density at radius 3 is 2.40 bits per heavy atom. The monoisotopic (exact) mass is 277 g/mol. The van der Waals surface area contributed by atoms with Gasteiger partial charge in [0.05, 0.1) is 5.69 Å². The minimum absolute atomic E-state index is 0.421. The van der Waals surface area contributed by atoms with E-state index < -0.39 is 11.7 Å². The lowest BCUT2D eigenvalue weighted by atomic mass is 10.2. The molecule has 0 spiro atoms. The topological polar surface area (TPSA) is 63.0 Å². The molecule has 0 radical (unpaired) electrons. The van der Waals surface area contributed by atoms with Gasteiger partial charge in [-0.15, -0.1) is 5.11 Å². The number of nitrogens with zero attached hydrogens (tertiary/aromatic N) is 2. The average Bonchev–Trinajstić information content (AvgIpc) is 2.36. The summed E-state index contributed by atoms with van der Waals surface area (Å²) in [5.41, 5.74) is 1.08. The average molecular weight is 277 g/mol. The molecule has 5 heteroatoms. The third kappa shape index (κ3) is 6.31.